The molecule has 0 aliphatic carbocycles. The Bertz CT molecular complexity index is 1770. The maximum atomic E-state index is 13.4. The van der Waals surface area contributed by atoms with E-state index in [-0.39, 0.29) is 18.2 Å². The molecule has 1 N–H and O–H groups in total. The summed E-state index contributed by atoms with van der Waals surface area (Å²) >= 11 is 1.71. The van der Waals surface area contributed by atoms with Crippen molar-refractivity contribution in [1.29, 1.82) is 0 Å². The first-order valence-corrected chi connectivity index (χ1v) is 12.2. The van der Waals surface area contributed by atoms with Gasteiger partial charge >= 0.3 is 6.36 Å². The number of ether oxygens (including phenoxy) is 1. The number of nitrogens with one attached hydrogen (secondary N) is 1. The Labute approximate surface area is 212 Å². The first-order chi connectivity index (χ1) is 17.9. The van der Waals surface area contributed by atoms with Crippen molar-refractivity contribution in [3.05, 3.63) is 102 Å². The minimum atomic E-state index is -4.76. The molecular weight excluding hydrogens is 499 g/mol. The highest BCUT2D eigenvalue weighted by Crippen LogP contribution is 2.37. The van der Waals surface area contributed by atoms with E-state index < -0.39 is 6.36 Å². The molecule has 0 bridgehead atoms. The number of thiophene rings is 1. The minimum absolute atomic E-state index is 0.124. The highest BCUT2D eigenvalue weighted by molar-refractivity contribution is 7.25. The van der Waals surface area contributed by atoms with E-state index in [0.717, 1.165) is 21.0 Å². The topological polar surface area (TPSA) is 55.6 Å². The summed E-state index contributed by atoms with van der Waals surface area (Å²) in [6.45, 7) is 0.124. The Kier molecular flexibility index (Phi) is 5.57. The first kappa shape index (κ1) is 23.1. The summed E-state index contributed by atoms with van der Waals surface area (Å²) in [4.78, 5) is 18.2. The third kappa shape index (κ3) is 4.49. The Morgan fingerprint density at radius 3 is 2.49 bits per heavy atom. The lowest BCUT2D eigenvalue weighted by molar-refractivity contribution is -0.274. The summed E-state index contributed by atoms with van der Waals surface area (Å²) in [7, 11) is 0. The molecule has 37 heavy (non-hydrogen) atoms. The molecule has 1 amide bonds. The van der Waals surface area contributed by atoms with Gasteiger partial charge in [0.05, 0.1) is 0 Å². The van der Waals surface area contributed by atoms with Crippen LogP contribution in [0, 0.1) is 0 Å². The number of rotatable bonds is 5. The summed E-state index contributed by atoms with van der Waals surface area (Å²) in [6, 6.07) is 25.2. The molecule has 6 aromatic rings. The van der Waals surface area contributed by atoms with E-state index in [9.17, 15) is 18.0 Å². The fourth-order valence-electron chi connectivity index (χ4n) is 4.36. The van der Waals surface area contributed by atoms with Crippen LogP contribution in [0.4, 0.5) is 13.2 Å². The lowest BCUT2D eigenvalue weighted by Gasteiger charge is -2.10. The average molecular weight is 518 g/mol. The van der Waals surface area contributed by atoms with Gasteiger partial charge in [-0.15, -0.1) is 24.5 Å². The fraction of sp³-hybridized carbons (Fsp3) is 0.0714. The number of halogens is 3. The second kappa shape index (κ2) is 8.94. The van der Waals surface area contributed by atoms with Crippen molar-refractivity contribution >= 4 is 43.1 Å². The number of fused-ring (bicyclic) bond motifs is 4. The van der Waals surface area contributed by atoms with Crippen LogP contribution in [0.5, 0.6) is 5.75 Å². The summed E-state index contributed by atoms with van der Waals surface area (Å²) in [5.41, 5.74) is 3.01. The zero-order chi connectivity index (χ0) is 25.6. The predicted octanol–water partition coefficient (Wildman–Crippen LogP) is 7.20. The zero-order valence-corrected chi connectivity index (χ0v) is 19.9. The molecule has 0 atom stereocenters. The Morgan fingerprint density at radius 2 is 1.68 bits per heavy atom. The van der Waals surface area contributed by atoms with Crippen LogP contribution in [-0.2, 0) is 6.54 Å². The number of benzene rings is 3. The van der Waals surface area contributed by atoms with Gasteiger partial charge in [-0.2, -0.15) is 0 Å². The van der Waals surface area contributed by atoms with Gasteiger partial charge in [0.2, 0.25) is 0 Å². The largest absolute Gasteiger partial charge is 0.573 e. The molecule has 3 aromatic carbocycles. The van der Waals surface area contributed by atoms with Gasteiger partial charge in [0.1, 0.15) is 22.8 Å². The molecule has 184 valence electrons. The monoisotopic (exact) mass is 517 g/mol. The van der Waals surface area contributed by atoms with Crippen molar-refractivity contribution < 1.29 is 22.7 Å². The van der Waals surface area contributed by atoms with Crippen LogP contribution in [0.25, 0.3) is 37.1 Å². The molecule has 6 rings (SSSR count). The Balaban J connectivity index is 1.34. The molecule has 9 heteroatoms. The number of hydrogen-bond donors (Lipinski definition) is 1. The van der Waals surface area contributed by atoms with Crippen molar-refractivity contribution in [3.8, 4) is 17.0 Å². The quantitative estimate of drug-likeness (QED) is 0.263. The van der Waals surface area contributed by atoms with E-state index in [0.29, 0.717) is 22.6 Å². The standard InChI is InChI=1S/C28H18F3N3O2S/c29-28(30,31)36-19-11-8-17(9-12-19)16-32-27(35)26-25(33-24-7-3-4-14-34(24)26)18-10-13-23-21(15-18)20-5-1-2-6-22(20)37-23/h1-15H,16H2,(H,32,35). The number of nitrogens with zero attached hydrogens (tertiary/aromatic N) is 2. The van der Waals surface area contributed by atoms with E-state index in [1.165, 1.54) is 29.0 Å². The second-order valence-corrected chi connectivity index (χ2v) is 9.51. The van der Waals surface area contributed by atoms with E-state index in [1.807, 2.05) is 42.5 Å². The number of amides is 1. The van der Waals surface area contributed by atoms with Gasteiger partial charge in [-0.25, -0.2) is 4.98 Å². The van der Waals surface area contributed by atoms with E-state index in [2.05, 4.69) is 28.3 Å². The smallest absolute Gasteiger partial charge is 0.406 e. The number of carbonyl (C=O) groups is 1. The number of alkyl halides is 3. The van der Waals surface area contributed by atoms with E-state index >= 15 is 0 Å². The zero-order valence-electron chi connectivity index (χ0n) is 19.1. The third-order valence-electron chi connectivity index (χ3n) is 6.01. The number of pyridine rings is 1. The van der Waals surface area contributed by atoms with Crippen LogP contribution in [-0.4, -0.2) is 21.7 Å². The molecule has 0 radical (unpaired) electrons. The second-order valence-electron chi connectivity index (χ2n) is 8.42. The van der Waals surface area contributed by atoms with Gasteiger partial charge in [0.25, 0.3) is 5.91 Å². The lowest BCUT2D eigenvalue weighted by atomic mass is 10.1. The molecule has 3 heterocycles. The fourth-order valence-corrected chi connectivity index (χ4v) is 5.45. The summed E-state index contributed by atoms with van der Waals surface area (Å²) in [5, 5.41) is 5.12. The van der Waals surface area contributed by atoms with Crippen LogP contribution in [0.1, 0.15) is 16.1 Å². The molecule has 5 nitrogen and oxygen atoms in total. The SMILES string of the molecule is O=C(NCc1ccc(OC(F)(F)F)cc1)c1c(-c2ccc3sc4ccccc4c3c2)nc2ccccn12. The molecule has 0 unspecified atom stereocenters. The first-order valence-electron chi connectivity index (χ1n) is 11.4. The molecule has 0 saturated carbocycles. The number of carbonyl (C=O) groups excluding carboxylic acids is 1. The molecule has 0 aliphatic rings. The molecule has 0 fully saturated rings. The summed E-state index contributed by atoms with van der Waals surface area (Å²) in [6.07, 6.45) is -2.98. The Hall–Kier alpha value is -4.37. The van der Waals surface area contributed by atoms with Crippen molar-refractivity contribution in [2.75, 3.05) is 0 Å². The van der Waals surface area contributed by atoms with Crippen LogP contribution < -0.4 is 10.1 Å². The van der Waals surface area contributed by atoms with Crippen LogP contribution in [0.2, 0.25) is 0 Å². The predicted molar refractivity (Wildman–Crippen MR) is 138 cm³/mol. The highest BCUT2D eigenvalue weighted by atomic mass is 32.1. The van der Waals surface area contributed by atoms with Gasteiger partial charge in [-0.05, 0) is 48.0 Å². The van der Waals surface area contributed by atoms with Gasteiger partial charge in [-0.1, -0.05) is 42.5 Å². The van der Waals surface area contributed by atoms with Crippen LogP contribution >= 0.6 is 11.3 Å². The van der Waals surface area contributed by atoms with Gasteiger partial charge in [0.15, 0.2) is 0 Å². The number of imidazole rings is 1. The summed E-state index contributed by atoms with van der Waals surface area (Å²) < 4.78 is 45.2. The van der Waals surface area contributed by atoms with E-state index in [1.54, 1.807) is 21.9 Å². The van der Waals surface area contributed by atoms with Gasteiger partial charge in [0, 0.05) is 38.5 Å². The summed E-state index contributed by atoms with van der Waals surface area (Å²) in [5.74, 6) is -0.664. The van der Waals surface area contributed by atoms with Gasteiger partial charge < -0.3 is 10.1 Å². The minimum Gasteiger partial charge on any atom is -0.406 e. The van der Waals surface area contributed by atoms with Crippen molar-refractivity contribution in [3.63, 3.8) is 0 Å². The normalized spacial score (nSPS) is 11.9. The molecular formula is C28H18F3N3O2S. The van der Waals surface area contributed by atoms with Crippen molar-refractivity contribution in [2.45, 2.75) is 12.9 Å². The molecule has 0 aliphatic heterocycles. The average Bonchev–Trinajstić information content (AvgIpc) is 3.45. The lowest BCUT2D eigenvalue weighted by Crippen LogP contribution is -2.24. The molecule has 0 saturated heterocycles. The third-order valence-corrected chi connectivity index (χ3v) is 7.16. The maximum absolute atomic E-state index is 13.4. The van der Waals surface area contributed by atoms with Crippen molar-refractivity contribution in [2.24, 2.45) is 0 Å². The van der Waals surface area contributed by atoms with Crippen molar-refractivity contribution in [1.82, 2.24) is 14.7 Å². The van der Waals surface area contributed by atoms with Crippen LogP contribution in [0.15, 0.2) is 91.1 Å². The molecule has 0 spiro atoms. The number of hydrogen-bond acceptors (Lipinski definition) is 4. The number of aromatic nitrogens is 2. The van der Waals surface area contributed by atoms with Gasteiger partial charge in [-0.3, -0.25) is 9.20 Å². The Morgan fingerprint density at radius 1 is 0.919 bits per heavy atom. The van der Waals surface area contributed by atoms with E-state index in [4.69, 9.17) is 4.98 Å². The maximum Gasteiger partial charge on any atom is 0.573 e. The highest BCUT2D eigenvalue weighted by Gasteiger charge is 2.31. The van der Waals surface area contributed by atoms with Crippen LogP contribution in [0.3, 0.4) is 0 Å². The molecule has 3 aromatic heterocycles.